The molecule has 2 heteroatoms. The van der Waals surface area contributed by atoms with E-state index in [1.807, 2.05) is 12.1 Å². The van der Waals surface area contributed by atoms with E-state index in [-0.39, 0.29) is 0 Å². The molecule has 0 radical (unpaired) electrons. The molecule has 1 rings (SSSR count). The maximum Gasteiger partial charge on any atom is 0.0441 e. The van der Waals surface area contributed by atoms with Crippen molar-refractivity contribution in [2.75, 3.05) is 6.54 Å². The second-order valence-corrected chi connectivity index (χ2v) is 5.68. The molecule has 18 heavy (non-hydrogen) atoms. The van der Waals surface area contributed by atoms with Crippen molar-refractivity contribution in [3.8, 4) is 0 Å². The topological polar surface area (TPSA) is 12.0 Å². The third-order valence-electron chi connectivity index (χ3n) is 3.27. The largest absolute Gasteiger partial charge is 0.314 e. The number of halogens is 1. The van der Waals surface area contributed by atoms with Crippen LogP contribution < -0.4 is 5.32 Å². The molecule has 1 atom stereocenters. The standard InChI is InChI=1S/C16H26ClN/c1-4-5-6-9-14(12-18-13(2)3)15-10-7-8-11-16(15)17/h7-8,10-11,13-14,18H,4-6,9,12H2,1-3H3. The molecule has 0 aromatic heterocycles. The minimum Gasteiger partial charge on any atom is -0.314 e. The van der Waals surface area contributed by atoms with Crippen LogP contribution in [0.2, 0.25) is 5.02 Å². The second-order valence-electron chi connectivity index (χ2n) is 5.28. The summed E-state index contributed by atoms with van der Waals surface area (Å²) in [7, 11) is 0. The van der Waals surface area contributed by atoms with E-state index in [0.717, 1.165) is 11.6 Å². The van der Waals surface area contributed by atoms with E-state index in [1.165, 1.54) is 31.2 Å². The average Bonchev–Trinajstić information content (AvgIpc) is 2.34. The highest BCUT2D eigenvalue weighted by atomic mass is 35.5. The Labute approximate surface area is 117 Å². The molecule has 0 fully saturated rings. The van der Waals surface area contributed by atoms with Gasteiger partial charge in [0.25, 0.3) is 0 Å². The summed E-state index contributed by atoms with van der Waals surface area (Å²) >= 11 is 6.32. The molecular formula is C16H26ClN. The molecule has 0 saturated carbocycles. The van der Waals surface area contributed by atoms with Crippen LogP contribution in [0.5, 0.6) is 0 Å². The van der Waals surface area contributed by atoms with Crippen LogP contribution in [0.15, 0.2) is 24.3 Å². The summed E-state index contributed by atoms with van der Waals surface area (Å²) in [6.45, 7) is 7.65. The van der Waals surface area contributed by atoms with Gasteiger partial charge in [-0.3, -0.25) is 0 Å². The van der Waals surface area contributed by atoms with Gasteiger partial charge in [0, 0.05) is 17.6 Å². The molecule has 1 aromatic rings. The van der Waals surface area contributed by atoms with E-state index < -0.39 is 0 Å². The number of hydrogen-bond donors (Lipinski definition) is 1. The Kier molecular flexibility index (Phi) is 7.38. The maximum absolute atomic E-state index is 6.32. The summed E-state index contributed by atoms with van der Waals surface area (Å²) in [6, 6.07) is 8.79. The zero-order valence-corrected chi connectivity index (χ0v) is 12.6. The van der Waals surface area contributed by atoms with E-state index in [2.05, 4.69) is 38.2 Å². The Morgan fingerprint density at radius 1 is 1.17 bits per heavy atom. The summed E-state index contributed by atoms with van der Waals surface area (Å²) < 4.78 is 0. The van der Waals surface area contributed by atoms with Crippen molar-refractivity contribution in [1.82, 2.24) is 5.32 Å². The summed E-state index contributed by atoms with van der Waals surface area (Å²) in [4.78, 5) is 0. The van der Waals surface area contributed by atoms with Gasteiger partial charge in [0.1, 0.15) is 0 Å². The van der Waals surface area contributed by atoms with Crippen molar-refractivity contribution in [3.63, 3.8) is 0 Å². The van der Waals surface area contributed by atoms with Gasteiger partial charge in [-0.25, -0.2) is 0 Å². The van der Waals surface area contributed by atoms with Crippen LogP contribution in [0, 0.1) is 0 Å². The van der Waals surface area contributed by atoms with Crippen molar-refractivity contribution >= 4 is 11.6 Å². The van der Waals surface area contributed by atoms with E-state index in [1.54, 1.807) is 0 Å². The van der Waals surface area contributed by atoms with Crippen LogP contribution in [0.4, 0.5) is 0 Å². The van der Waals surface area contributed by atoms with Gasteiger partial charge in [-0.15, -0.1) is 0 Å². The highest BCUT2D eigenvalue weighted by Crippen LogP contribution is 2.28. The third-order valence-corrected chi connectivity index (χ3v) is 3.62. The summed E-state index contributed by atoms with van der Waals surface area (Å²) in [5.74, 6) is 0.535. The number of unbranched alkanes of at least 4 members (excludes halogenated alkanes) is 2. The summed E-state index contributed by atoms with van der Waals surface area (Å²) in [5.41, 5.74) is 1.29. The lowest BCUT2D eigenvalue weighted by Crippen LogP contribution is -2.28. The molecule has 1 unspecified atom stereocenters. The lowest BCUT2D eigenvalue weighted by Gasteiger charge is -2.20. The minimum atomic E-state index is 0.529. The first-order valence-corrected chi connectivity index (χ1v) is 7.50. The van der Waals surface area contributed by atoms with Crippen LogP contribution >= 0.6 is 11.6 Å². The third kappa shape index (κ3) is 5.41. The Balaban J connectivity index is 2.66. The fraction of sp³-hybridized carbons (Fsp3) is 0.625. The number of hydrogen-bond acceptors (Lipinski definition) is 1. The first kappa shape index (κ1) is 15.5. The van der Waals surface area contributed by atoms with Gasteiger partial charge < -0.3 is 5.32 Å². The first-order valence-electron chi connectivity index (χ1n) is 7.13. The van der Waals surface area contributed by atoms with Crippen molar-refractivity contribution in [2.24, 2.45) is 0 Å². The zero-order valence-electron chi connectivity index (χ0n) is 11.9. The molecule has 0 bridgehead atoms. The van der Waals surface area contributed by atoms with E-state index in [0.29, 0.717) is 12.0 Å². The zero-order chi connectivity index (χ0) is 13.4. The highest BCUT2D eigenvalue weighted by molar-refractivity contribution is 6.31. The molecule has 0 aliphatic heterocycles. The minimum absolute atomic E-state index is 0.529. The van der Waals surface area contributed by atoms with Gasteiger partial charge in [-0.2, -0.15) is 0 Å². The number of benzene rings is 1. The Bertz CT molecular complexity index is 336. The lowest BCUT2D eigenvalue weighted by atomic mass is 9.93. The first-order chi connectivity index (χ1) is 8.65. The quantitative estimate of drug-likeness (QED) is 0.654. The molecule has 1 aromatic carbocycles. The molecule has 1 nitrogen and oxygen atoms in total. The van der Waals surface area contributed by atoms with Gasteiger partial charge in [-0.05, 0) is 24.0 Å². The number of rotatable bonds is 8. The lowest BCUT2D eigenvalue weighted by molar-refractivity contribution is 0.490. The van der Waals surface area contributed by atoms with Crippen LogP contribution in [0.1, 0.15) is 57.9 Å². The fourth-order valence-electron chi connectivity index (χ4n) is 2.19. The van der Waals surface area contributed by atoms with Crippen LogP contribution in [0.25, 0.3) is 0 Å². The summed E-state index contributed by atoms with van der Waals surface area (Å²) in [6.07, 6.45) is 5.08. The maximum atomic E-state index is 6.32. The van der Waals surface area contributed by atoms with Crippen LogP contribution in [-0.2, 0) is 0 Å². The molecule has 102 valence electrons. The Morgan fingerprint density at radius 3 is 2.50 bits per heavy atom. The monoisotopic (exact) mass is 267 g/mol. The molecule has 0 spiro atoms. The van der Waals surface area contributed by atoms with Crippen molar-refractivity contribution in [3.05, 3.63) is 34.9 Å². The average molecular weight is 268 g/mol. The number of nitrogens with one attached hydrogen (secondary N) is 1. The molecule has 1 N–H and O–H groups in total. The van der Waals surface area contributed by atoms with E-state index in [4.69, 9.17) is 11.6 Å². The van der Waals surface area contributed by atoms with E-state index >= 15 is 0 Å². The van der Waals surface area contributed by atoms with Crippen LogP contribution in [0.3, 0.4) is 0 Å². The van der Waals surface area contributed by atoms with Gasteiger partial charge in [0.05, 0.1) is 0 Å². The predicted molar refractivity (Wildman–Crippen MR) is 81.5 cm³/mol. The smallest absolute Gasteiger partial charge is 0.0441 e. The molecule has 0 amide bonds. The molecule has 0 aliphatic carbocycles. The summed E-state index contributed by atoms with van der Waals surface area (Å²) in [5, 5.41) is 4.45. The molecule has 0 aliphatic rings. The second kappa shape index (κ2) is 8.55. The Hall–Kier alpha value is -0.530. The van der Waals surface area contributed by atoms with Crippen molar-refractivity contribution < 1.29 is 0 Å². The van der Waals surface area contributed by atoms with Gasteiger partial charge in [0.15, 0.2) is 0 Å². The molecule has 0 saturated heterocycles. The van der Waals surface area contributed by atoms with E-state index in [9.17, 15) is 0 Å². The fourth-order valence-corrected chi connectivity index (χ4v) is 2.48. The molecule has 0 heterocycles. The van der Waals surface area contributed by atoms with Gasteiger partial charge >= 0.3 is 0 Å². The highest BCUT2D eigenvalue weighted by Gasteiger charge is 2.14. The van der Waals surface area contributed by atoms with Gasteiger partial charge in [-0.1, -0.05) is 69.8 Å². The van der Waals surface area contributed by atoms with Crippen molar-refractivity contribution in [2.45, 2.75) is 58.4 Å². The Morgan fingerprint density at radius 2 is 1.89 bits per heavy atom. The SMILES string of the molecule is CCCCCC(CNC(C)C)c1ccccc1Cl. The van der Waals surface area contributed by atoms with Gasteiger partial charge in [0.2, 0.25) is 0 Å². The molecular weight excluding hydrogens is 242 g/mol. The van der Waals surface area contributed by atoms with Crippen LogP contribution in [-0.4, -0.2) is 12.6 Å². The van der Waals surface area contributed by atoms with Crippen molar-refractivity contribution in [1.29, 1.82) is 0 Å². The normalized spacial score (nSPS) is 12.9. The predicted octanol–water partition coefficient (Wildman–Crippen LogP) is 5.00.